The van der Waals surface area contributed by atoms with Gasteiger partial charge in [-0.25, -0.2) is 8.42 Å². The fraction of sp³-hybridized carbons (Fsp3) is 0.421. The summed E-state index contributed by atoms with van der Waals surface area (Å²) < 4.78 is 27.0. The summed E-state index contributed by atoms with van der Waals surface area (Å²) in [5.41, 5.74) is 1.24. The number of piperidine rings is 1. The molecular weight excluding hydrogens is 507 g/mol. The molecule has 2 N–H and O–H groups in total. The van der Waals surface area contributed by atoms with Crippen molar-refractivity contribution in [3.63, 3.8) is 0 Å². The van der Waals surface area contributed by atoms with Crippen LogP contribution < -0.4 is 10.6 Å². The molecule has 1 saturated heterocycles. The average molecular weight is 534 g/mol. The molecule has 0 saturated carbocycles. The number of benzene rings is 1. The van der Waals surface area contributed by atoms with Crippen LogP contribution in [0.2, 0.25) is 0 Å². The number of nitrogens with one attached hydrogen (secondary N) is 2. The summed E-state index contributed by atoms with van der Waals surface area (Å²) >= 11 is 1.68. The fourth-order valence-electron chi connectivity index (χ4n) is 3.14. The third-order valence-electron chi connectivity index (χ3n) is 4.78. The van der Waals surface area contributed by atoms with Gasteiger partial charge in [-0.3, -0.25) is 4.99 Å². The molecule has 3 rings (SSSR count). The van der Waals surface area contributed by atoms with Crippen molar-refractivity contribution in [3.05, 3.63) is 52.7 Å². The lowest BCUT2D eigenvalue weighted by atomic mass is 9.98. The Bertz CT molecular complexity index is 834. The van der Waals surface area contributed by atoms with E-state index in [0.717, 1.165) is 31.9 Å². The molecule has 0 amide bonds. The summed E-state index contributed by atoms with van der Waals surface area (Å²) in [4.78, 5) is 4.63. The van der Waals surface area contributed by atoms with Crippen LogP contribution in [-0.2, 0) is 16.6 Å². The molecule has 1 fully saturated rings. The van der Waals surface area contributed by atoms with Gasteiger partial charge in [0.2, 0.25) is 10.0 Å². The summed E-state index contributed by atoms with van der Waals surface area (Å²) in [6.07, 6.45) is 1.70. The molecule has 6 nitrogen and oxygen atoms in total. The maximum absolute atomic E-state index is 12.7. The van der Waals surface area contributed by atoms with Gasteiger partial charge >= 0.3 is 0 Å². The number of guanidine groups is 1. The first kappa shape index (κ1) is 23.1. The minimum absolute atomic E-state index is 0. The molecule has 0 aliphatic carbocycles. The molecule has 9 heteroatoms. The first-order chi connectivity index (χ1) is 13.1. The largest absolute Gasteiger partial charge is 0.356 e. The van der Waals surface area contributed by atoms with E-state index in [4.69, 9.17) is 0 Å². The maximum Gasteiger partial charge on any atom is 0.243 e. The van der Waals surface area contributed by atoms with Crippen LogP contribution >= 0.6 is 35.3 Å². The van der Waals surface area contributed by atoms with Crippen LogP contribution in [0, 0.1) is 5.92 Å². The van der Waals surface area contributed by atoms with Gasteiger partial charge in [-0.1, -0.05) is 18.2 Å². The normalized spacial score (nSPS) is 16.4. The Kier molecular flexibility index (Phi) is 9.19. The van der Waals surface area contributed by atoms with Crippen LogP contribution in [0.25, 0.3) is 0 Å². The number of hydrogen-bond acceptors (Lipinski definition) is 4. The number of halogens is 1. The molecule has 1 aromatic carbocycles. The summed E-state index contributed by atoms with van der Waals surface area (Å²) in [6, 6.07) is 10.8. The van der Waals surface area contributed by atoms with E-state index in [0.29, 0.717) is 23.9 Å². The molecule has 0 atom stereocenters. The Morgan fingerprint density at radius 1 is 1.18 bits per heavy atom. The number of rotatable bonds is 6. The molecule has 2 heterocycles. The highest BCUT2D eigenvalue weighted by molar-refractivity contribution is 14.0. The Balaban J connectivity index is 0.00000280. The fourth-order valence-corrected chi connectivity index (χ4v) is 5.30. The number of nitrogens with zero attached hydrogens (tertiary/aromatic N) is 2. The second kappa shape index (κ2) is 11.1. The van der Waals surface area contributed by atoms with Gasteiger partial charge in [0, 0.05) is 33.2 Å². The maximum atomic E-state index is 12.7. The third kappa shape index (κ3) is 6.16. The zero-order valence-electron chi connectivity index (χ0n) is 15.9. The molecule has 0 bridgehead atoms. The van der Waals surface area contributed by atoms with E-state index in [-0.39, 0.29) is 24.0 Å². The van der Waals surface area contributed by atoms with E-state index in [2.05, 4.69) is 32.5 Å². The predicted molar refractivity (Wildman–Crippen MR) is 126 cm³/mol. The summed E-state index contributed by atoms with van der Waals surface area (Å²) in [6.45, 7) is 2.66. The monoisotopic (exact) mass is 534 g/mol. The molecular formula is C19H27IN4O2S2. The van der Waals surface area contributed by atoms with Crippen molar-refractivity contribution in [2.24, 2.45) is 10.9 Å². The summed E-state index contributed by atoms with van der Waals surface area (Å²) in [5.74, 6) is 1.22. The Morgan fingerprint density at radius 3 is 2.50 bits per heavy atom. The summed E-state index contributed by atoms with van der Waals surface area (Å²) in [5, 5.41) is 10.8. The van der Waals surface area contributed by atoms with Crippen LogP contribution in [0.3, 0.4) is 0 Å². The van der Waals surface area contributed by atoms with E-state index in [1.165, 1.54) is 5.56 Å². The highest BCUT2D eigenvalue weighted by Crippen LogP contribution is 2.23. The first-order valence-electron chi connectivity index (χ1n) is 9.10. The van der Waals surface area contributed by atoms with E-state index in [1.54, 1.807) is 47.0 Å². The molecule has 154 valence electrons. The second-order valence-electron chi connectivity index (χ2n) is 6.60. The van der Waals surface area contributed by atoms with Gasteiger partial charge < -0.3 is 10.6 Å². The Labute approximate surface area is 188 Å². The van der Waals surface area contributed by atoms with Crippen LogP contribution in [-0.4, -0.2) is 45.4 Å². The first-order valence-corrected chi connectivity index (χ1v) is 11.5. The zero-order chi connectivity index (χ0) is 19.1. The lowest BCUT2D eigenvalue weighted by Gasteiger charge is -2.31. The minimum Gasteiger partial charge on any atom is -0.356 e. The van der Waals surface area contributed by atoms with Crippen molar-refractivity contribution >= 4 is 51.3 Å². The zero-order valence-corrected chi connectivity index (χ0v) is 19.8. The molecule has 1 aliphatic rings. The van der Waals surface area contributed by atoms with Gasteiger partial charge in [0.15, 0.2) is 5.96 Å². The molecule has 0 radical (unpaired) electrons. The van der Waals surface area contributed by atoms with Gasteiger partial charge in [0.05, 0.1) is 4.90 Å². The quantitative estimate of drug-likeness (QED) is 0.340. The number of hydrogen-bond donors (Lipinski definition) is 2. The van der Waals surface area contributed by atoms with Crippen LogP contribution in [0.15, 0.2) is 57.0 Å². The van der Waals surface area contributed by atoms with E-state index in [9.17, 15) is 8.42 Å². The average Bonchev–Trinajstić information content (AvgIpc) is 3.23. The molecule has 0 unspecified atom stereocenters. The van der Waals surface area contributed by atoms with Gasteiger partial charge in [-0.2, -0.15) is 15.6 Å². The lowest BCUT2D eigenvalue weighted by Crippen LogP contribution is -2.44. The van der Waals surface area contributed by atoms with Crippen LogP contribution in [0.1, 0.15) is 18.4 Å². The topological polar surface area (TPSA) is 73.8 Å². The highest BCUT2D eigenvalue weighted by atomic mass is 127. The van der Waals surface area contributed by atoms with Crippen LogP contribution in [0.4, 0.5) is 0 Å². The van der Waals surface area contributed by atoms with Crippen molar-refractivity contribution < 1.29 is 8.42 Å². The standard InChI is InChI=1S/C19H26N4O2S2.HI/c1-20-19(22-14-17-9-12-26-15-17)21-13-16-7-10-23(11-8-16)27(24,25)18-5-3-2-4-6-18;/h2-6,9,12,15-16H,7-8,10-11,13-14H2,1H3,(H2,20,21,22);1H. The Morgan fingerprint density at radius 2 is 1.89 bits per heavy atom. The molecule has 0 spiro atoms. The summed E-state index contributed by atoms with van der Waals surface area (Å²) in [7, 11) is -1.62. The SMILES string of the molecule is CN=C(NCc1ccsc1)NCC1CCN(S(=O)(=O)c2ccccc2)CC1.I. The smallest absolute Gasteiger partial charge is 0.243 e. The van der Waals surface area contributed by atoms with Gasteiger partial charge in [0.25, 0.3) is 0 Å². The highest BCUT2D eigenvalue weighted by Gasteiger charge is 2.29. The van der Waals surface area contributed by atoms with Crippen molar-refractivity contribution in [3.8, 4) is 0 Å². The molecule has 1 aliphatic heterocycles. The van der Waals surface area contributed by atoms with E-state index in [1.807, 2.05) is 6.07 Å². The van der Waals surface area contributed by atoms with E-state index < -0.39 is 10.0 Å². The lowest BCUT2D eigenvalue weighted by molar-refractivity contribution is 0.273. The van der Waals surface area contributed by atoms with Gasteiger partial charge in [-0.15, -0.1) is 24.0 Å². The Hall–Kier alpha value is -1.17. The number of aliphatic imine (C=N–C) groups is 1. The van der Waals surface area contributed by atoms with Crippen molar-refractivity contribution in [1.29, 1.82) is 0 Å². The van der Waals surface area contributed by atoms with Crippen molar-refractivity contribution in [2.45, 2.75) is 24.3 Å². The molecule has 1 aromatic heterocycles. The van der Waals surface area contributed by atoms with E-state index >= 15 is 0 Å². The second-order valence-corrected chi connectivity index (χ2v) is 9.32. The molecule has 2 aromatic rings. The van der Waals surface area contributed by atoms with Crippen molar-refractivity contribution in [2.75, 3.05) is 26.7 Å². The number of thiophene rings is 1. The minimum atomic E-state index is -3.38. The molecule has 28 heavy (non-hydrogen) atoms. The number of sulfonamides is 1. The van der Waals surface area contributed by atoms with Gasteiger partial charge in [-0.05, 0) is 53.3 Å². The van der Waals surface area contributed by atoms with Crippen molar-refractivity contribution in [1.82, 2.24) is 14.9 Å². The van der Waals surface area contributed by atoms with Gasteiger partial charge in [0.1, 0.15) is 0 Å². The predicted octanol–water partition coefficient (Wildman–Crippen LogP) is 3.13. The third-order valence-corrected chi connectivity index (χ3v) is 7.42. The van der Waals surface area contributed by atoms with Crippen LogP contribution in [0.5, 0.6) is 0 Å².